The fraction of sp³-hybridized carbons (Fsp3) is 0.308. The molecule has 0 aliphatic heterocycles. The van der Waals surface area contributed by atoms with E-state index in [0.717, 1.165) is 16.0 Å². The van der Waals surface area contributed by atoms with Gasteiger partial charge < -0.3 is 0 Å². The number of nitriles is 1. The molecule has 6 nitrogen and oxygen atoms in total. The van der Waals surface area contributed by atoms with Gasteiger partial charge in [-0.2, -0.15) is 5.26 Å². The van der Waals surface area contributed by atoms with E-state index >= 15 is 0 Å². The highest BCUT2D eigenvalue weighted by atomic mass is 32.2. The number of thiazole rings is 1. The first-order valence-electron chi connectivity index (χ1n) is 6.41. The van der Waals surface area contributed by atoms with E-state index in [1.54, 1.807) is 18.2 Å². The van der Waals surface area contributed by atoms with Crippen LogP contribution in [0.15, 0.2) is 27.5 Å². The van der Waals surface area contributed by atoms with E-state index in [2.05, 4.69) is 15.3 Å². The summed E-state index contributed by atoms with van der Waals surface area (Å²) in [5.74, 6) is 0.0978. The van der Waals surface area contributed by atoms with Crippen molar-refractivity contribution >= 4 is 54.0 Å². The molecule has 0 bridgehead atoms. The molecule has 0 atom stereocenters. The van der Waals surface area contributed by atoms with Crippen LogP contribution in [0.3, 0.4) is 0 Å². The fourth-order valence-electron chi connectivity index (χ4n) is 1.74. The summed E-state index contributed by atoms with van der Waals surface area (Å²) in [5, 5.41) is 11.6. The Labute approximate surface area is 137 Å². The Morgan fingerprint density at radius 3 is 2.95 bits per heavy atom. The van der Waals surface area contributed by atoms with E-state index in [4.69, 9.17) is 5.26 Å². The van der Waals surface area contributed by atoms with Gasteiger partial charge in [-0.15, -0.1) is 11.3 Å². The number of thioether (sulfide) groups is 1. The lowest BCUT2D eigenvalue weighted by molar-refractivity contribution is 0.594. The number of nitrogens with zero attached hydrogens (tertiary/aromatic N) is 3. The number of fused-ring (bicyclic) bond motifs is 1. The van der Waals surface area contributed by atoms with Crippen molar-refractivity contribution in [3.05, 3.63) is 18.2 Å². The Morgan fingerprint density at radius 1 is 1.55 bits per heavy atom. The zero-order valence-electron chi connectivity index (χ0n) is 12.0. The molecule has 0 saturated heterocycles. The van der Waals surface area contributed by atoms with Crippen LogP contribution in [-0.2, 0) is 9.84 Å². The number of amidine groups is 1. The second kappa shape index (κ2) is 7.09. The highest BCUT2D eigenvalue weighted by Crippen LogP contribution is 2.30. The van der Waals surface area contributed by atoms with Crippen molar-refractivity contribution in [1.82, 2.24) is 10.3 Å². The van der Waals surface area contributed by atoms with Crippen LogP contribution < -0.4 is 5.32 Å². The zero-order chi connectivity index (χ0) is 16.2. The van der Waals surface area contributed by atoms with Crippen LogP contribution in [0, 0.1) is 11.5 Å². The Balaban J connectivity index is 2.42. The van der Waals surface area contributed by atoms with Gasteiger partial charge >= 0.3 is 0 Å². The Bertz CT molecular complexity index is 850. The molecule has 1 N–H and O–H groups in total. The second-order valence-electron chi connectivity index (χ2n) is 4.31. The van der Waals surface area contributed by atoms with Gasteiger partial charge in [-0.1, -0.05) is 18.7 Å². The molecule has 1 heterocycles. The van der Waals surface area contributed by atoms with E-state index in [-0.39, 0.29) is 10.1 Å². The largest absolute Gasteiger partial charge is 0.271 e. The van der Waals surface area contributed by atoms with Gasteiger partial charge in [-0.25, -0.2) is 18.4 Å². The molecule has 1 aromatic carbocycles. The predicted molar refractivity (Wildman–Crippen MR) is 91.3 cm³/mol. The fourth-order valence-corrected chi connectivity index (χ4v) is 4.79. The molecule has 2 rings (SSSR count). The van der Waals surface area contributed by atoms with Crippen molar-refractivity contribution in [2.45, 2.75) is 17.7 Å². The first-order chi connectivity index (χ1) is 10.5. The van der Waals surface area contributed by atoms with Gasteiger partial charge in [0.1, 0.15) is 0 Å². The third-order valence-electron chi connectivity index (χ3n) is 2.68. The third-order valence-corrected chi connectivity index (χ3v) is 6.65. The standard InChI is InChI=1S/C13H14N4O2S3/c1-3-6-22(18,19)13-17-10-5-4-9(7-11(10)21-13)16-12(20-2)15-8-14/h4-5,7H,3,6H2,1-2H3,(H,15,16). The topological polar surface area (TPSA) is 95.2 Å². The van der Waals surface area contributed by atoms with Crippen molar-refractivity contribution in [2.75, 3.05) is 12.0 Å². The summed E-state index contributed by atoms with van der Waals surface area (Å²) in [5.41, 5.74) is 1.28. The number of nitrogens with one attached hydrogen (secondary N) is 1. The van der Waals surface area contributed by atoms with Crippen LogP contribution in [-0.4, -0.2) is 30.6 Å². The molecule has 0 aliphatic carbocycles. The van der Waals surface area contributed by atoms with E-state index < -0.39 is 9.84 Å². The van der Waals surface area contributed by atoms with Crippen LogP contribution in [0.5, 0.6) is 0 Å². The lowest BCUT2D eigenvalue weighted by Gasteiger charge is -1.99. The molecule has 1 aromatic heterocycles. The van der Waals surface area contributed by atoms with Gasteiger partial charge in [-0.05, 0) is 30.9 Å². The smallest absolute Gasteiger partial charge is 0.210 e. The van der Waals surface area contributed by atoms with Gasteiger partial charge in [0.05, 0.1) is 21.7 Å². The highest BCUT2D eigenvalue weighted by molar-refractivity contribution is 8.13. The Hall–Kier alpha value is -1.63. The van der Waals surface area contributed by atoms with E-state index in [1.165, 1.54) is 11.8 Å². The average Bonchev–Trinajstić information content (AvgIpc) is 2.91. The maximum absolute atomic E-state index is 12.1. The molecule has 0 fully saturated rings. The lowest BCUT2D eigenvalue weighted by Crippen LogP contribution is -2.12. The second-order valence-corrected chi connectivity index (χ2v) is 8.42. The maximum Gasteiger partial charge on any atom is 0.210 e. The summed E-state index contributed by atoms with van der Waals surface area (Å²) in [6.45, 7) is 1.82. The van der Waals surface area contributed by atoms with Crippen molar-refractivity contribution in [3.63, 3.8) is 0 Å². The monoisotopic (exact) mass is 354 g/mol. The molecule has 0 saturated carbocycles. The molecule has 0 spiro atoms. The van der Waals surface area contributed by atoms with E-state index in [1.807, 2.05) is 19.4 Å². The minimum Gasteiger partial charge on any atom is -0.271 e. The van der Waals surface area contributed by atoms with Gasteiger partial charge in [0.2, 0.25) is 14.2 Å². The normalized spacial score (nSPS) is 12.3. The number of sulfone groups is 1. The molecule has 0 unspecified atom stereocenters. The highest BCUT2D eigenvalue weighted by Gasteiger charge is 2.18. The summed E-state index contributed by atoms with van der Waals surface area (Å²) >= 11 is 2.46. The van der Waals surface area contributed by atoms with Crippen molar-refractivity contribution in [2.24, 2.45) is 4.99 Å². The van der Waals surface area contributed by atoms with E-state index in [9.17, 15) is 8.42 Å². The predicted octanol–water partition coefficient (Wildman–Crippen LogP) is 2.90. The third kappa shape index (κ3) is 3.76. The Kier molecular flexibility index (Phi) is 5.39. The molecule has 0 radical (unpaired) electrons. The Morgan fingerprint density at radius 2 is 2.32 bits per heavy atom. The summed E-state index contributed by atoms with van der Waals surface area (Å²) in [4.78, 5) is 8.49. The molecule has 2 aromatic rings. The quantitative estimate of drug-likeness (QED) is 0.392. The summed E-state index contributed by atoms with van der Waals surface area (Å²) in [6.07, 6.45) is 4.19. The maximum atomic E-state index is 12.1. The van der Waals surface area contributed by atoms with Gasteiger partial charge in [0, 0.05) is 0 Å². The van der Waals surface area contributed by atoms with Gasteiger partial charge in [0.15, 0.2) is 11.4 Å². The minimum absolute atomic E-state index is 0.0978. The van der Waals surface area contributed by atoms with Gasteiger partial charge in [-0.3, -0.25) is 5.32 Å². The first kappa shape index (κ1) is 16.7. The number of hydrogen-bond donors (Lipinski definition) is 1. The van der Waals surface area contributed by atoms with E-state index in [0.29, 0.717) is 22.8 Å². The number of hydrogen-bond acceptors (Lipinski definition) is 7. The number of aromatic nitrogens is 1. The van der Waals surface area contributed by atoms with Crippen LogP contribution in [0.2, 0.25) is 0 Å². The lowest BCUT2D eigenvalue weighted by atomic mass is 10.3. The van der Waals surface area contributed by atoms with Gasteiger partial charge in [0.25, 0.3) is 0 Å². The average molecular weight is 354 g/mol. The number of aliphatic imine (C=N–C) groups is 1. The molecule has 116 valence electrons. The molecular formula is C13H14N4O2S3. The van der Waals surface area contributed by atoms with Crippen molar-refractivity contribution in [3.8, 4) is 6.19 Å². The van der Waals surface area contributed by atoms with Crippen LogP contribution in [0.1, 0.15) is 13.3 Å². The van der Waals surface area contributed by atoms with Crippen LogP contribution in [0.25, 0.3) is 10.2 Å². The van der Waals surface area contributed by atoms with Crippen LogP contribution in [0.4, 0.5) is 5.69 Å². The van der Waals surface area contributed by atoms with Crippen molar-refractivity contribution < 1.29 is 8.42 Å². The first-order valence-corrected chi connectivity index (χ1v) is 10.1. The summed E-state index contributed by atoms with van der Waals surface area (Å²) in [7, 11) is -3.31. The number of benzene rings is 1. The molecule has 22 heavy (non-hydrogen) atoms. The van der Waals surface area contributed by atoms with Crippen molar-refractivity contribution in [1.29, 1.82) is 5.26 Å². The zero-order valence-corrected chi connectivity index (χ0v) is 14.5. The number of rotatable bonds is 4. The SMILES string of the molecule is CCCS(=O)(=O)c1nc2ccc(N=C(NC#N)SC)cc2s1. The summed E-state index contributed by atoms with van der Waals surface area (Å²) < 4.78 is 25.0. The molecule has 0 aliphatic rings. The van der Waals surface area contributed by atoms with Crippen LogP contribution >= 0.6 is 23.1 Å². The summed E-state index contributed by atoms with van der Waals surface area (Å²) in [6, 6.07) is 5.25. The minimum atomic E-state index is -3.31. The molecule has 9 heteroatoms. The molecular weight excluding hydrogens is 340 g/mol. The molecule has 0 amide bonds.